The van der Waals surface area contributed by atoms with E-state index in [0.29, 0.717) is 11.4 Å². The van der Waals surface area contributed by atoms with Gasteiger partial charge >= 0.3 is 0 Å². The summed E-state index contributed by atoms with van der Waals surface area (Å²) < 4.78 is 1.60. The van der Waals surface area contributed by atoms with Crippen LogP contribution in [0.3, 0.4) is 0 Å². The number of rotatable bonds is 5. The largest absolute Gasteiger partial charge is 0.340 e. The van der Waals surface area contributed by atoms with Gasteiger partial charge in [0.2, 0.25) is 5.91 Å². The summed E-state index contributed by atoms with van der Waals surface area (Å²) in [6, 6.07) is 8.31. The third kappa shape index (κ3) is 4.42. The highest BCUT2D eigenvalue weighted by Crippen LogP contribution is 2.09. The molecule has 2 aromatic rings. The molecule has 0 saturated carbocycles. The smallest absolute Gasteiger partial charge is 0.251 e. The fourth-order valence-corrected chi connectivity index (χ4v) is 2.15. The molecular weight excluding hydrogens is 292 g/mol. The fraction of sp³-hybridized carbons (Fsp3) is 0.353. The number of amides is 2. The van der Waals surface area contributed by atoms with E-state index in [-0.39, 0.29) is 17.7 Å². The molecule has 0 fully saturated rings. The number of carbonyl (C=O) groups excluding carboxylic acids is 2. The highest BCUT2D eigenvalue weighted by molar-refractivity contribution is 6.00. The normalized spacial score (nSPS) is 12.0. The van der Waals surface area contributed by atoms with Crippen molar-refractivity contribution in [1.29, 1.82) is 0 Å². The van der Waals surface area contributed by atoms with Crippen LogP contribution in [0.15, 0.2) is 36.5 Å². The van der Waals surface area contributed by atoms with Crippen molar-refractivity contribution in [3.8, 4) is 0 Å². The monoisotopic (exact) mass is 314 g/mol. The summed E-state index contributed by atoms with van der Waals surface area (Å²) in [5, 5.41) is 9.63. The molecule has 1 atom stereocenters. The number of nitrogens with one attached hydrogen (secondary N) is 2. The number of hydrogen-bond acceptors (Lipinski definition) is 3. The van der Waals surface area contributed by atoms with Crippen molar-refractivity contribution >= 4 is 17.6 Å². The number of carbonyl (C=O) groups is 2. The van der Waals surface area contributed by atoms with Crippen molar-refractivity contribution in [1.82, 2.24) is 15.1 Å². The molecule has 2 rings (SSSR count). The molecule has 6 nitrogen and oxygen atoms in total. The lowest BCUT2D eigenvalue weighted by molar-refractivity contribution is -0.118. The highest BCUT2D eigenvalue weighted by atomic mass is 16.2. The molecule has 23 heavy (non-hydrogen) atoms. The summed E-state index contributed by atoms with van der Waals surface area (Å²) in [5.74, 6) is -0.125. The Morgan fingerprint density at radius 1 is 1.13 bits per heavy atom. The standard InChI is InChI=1S/C17H22N4O2/c1-11(2)15(17(23)18-14-9-10-21(4)20-14)19-16(22)13-7-5-12(3)6-8-13/h5-11,15H,1-4H3,(H,19,22)(H,18,20,23). The van der Waals surface area contributed by atoms with Gasteiger partial charge in [0.15, 0.2) is 5.82 Å². The Hall–Kier alpha value is -2.63. The Morgan fingerprint density at radius 2 is 1.78 bits per heavy atom. The lowest BCUT2D eigenvalue weighted by atomic mass is 10.0. The number of benzene rings is 1. The van der Waals surface area contributed by atoms with Crippen LogP contribution in [0, 0.1) is 12.8 Å². The summed E-state index contributed by atoms with van der Waals surface area (Å²) in [6.45, 7) is 5.73. The molecule has 0 aliphatic heterocycles. The second kappa shape index (κ2) is 7.09. The maximum Gasteiger partial charge on any atom is 0.251 e. The Labute approximate surface area is 135 Å². The molecule has 0 bridgehead atoms. The number of hydrogen-bond donors (Lipinski definition) is 2. The summed E-state index contributed by atoms with van der Waals surface area (Å²) in [7, 11) is 1.77. The minimum atomic E-state index is -0.634. The van der Waals surface area contributed by atoms with Gasteiger partial charge in [0.1, 0.15) is 6.04 Å². The van der Waals surface area contributed by atoms with Gasteiger partial charge in [-0.25, -0.2) is 0 Å². The molecule has 1 heterocycles. The number of nitrogens with zero attached hydrogens (tertiary/aromatic N) is 2. The average molecular weight is 314 g/mol. The summed E-state index contributed by atoms with van der Waals surface area (Å²) in [4.78, 5) is 24.7. The number of aryl methyl sites for hydroxylation is 2. The molecule has 6 heteroatoms. The molecule has 0 aliphatic rings. The average Bonchev–Trinajstić information content (AvgIpc) is 2.89. The van der Waals surface area contributed by atoms with Crippen LogP contribution < -0.4 is 10.6 Å². The predicted molar refractivity (Wildman–Crippen MR) is 89.1 cm³/mol. The van der Waals surface area contributed by atoms with E-state index in [0.717, 1.165) is 5.56 Å². The van der Waals surface area contributed by atoms with Crippen molar-refractivity contribution in [2.24, 2.45) is 13.0 Å². The number of aromatic nitrogens is 2. The van der Waals surface area contributed by atoms with Gasteiger partial charge in [-0.15, -0.1) is 0 Å². The topological polar surface area (TPSA) is 76.0 Å². The molecule has 122 valence electrons. The van der Waals surface area contributed by atoms with Crippen molar-refractivity contribution in [3.63, 3.8) is 0 Å². The van der Waals surface area contributed by atoms with Crippen LogP contribution in [-0.2, 0) is 11.8 Å². The van der Waals surface area contributed by atoms with Gasteiger partial charge < -0.3 is 10.6 Å². The predicted octanol–water partition coefficient (Wildman–Crippen LogP) is 2.12. The van der Waals surface area contributed by atoms with Gasteiger partial charge in [0, 0.05) is 24.9 Å². The third-order valence-electron chi connectivity index (χ3n) is 3.51. The molecule has 1 aromatic heterocycles. The third-order valence-corrected chi connectivity index (χ3v) is 3.51. The lowest BCUT2D eigenvalue weighted by Crippen LogP contribution is -2.47. The van der Waals surface area contributed by atoms with Gasteiger partial charge in [0.05, 0.1) is 0 Å². The summed E-state index contributed by atoms with van der Waals surface area (Å²) >= 11 is 0. The Morgan fingerprint density at radius 3 is 2.30 bits per heavy atom. The van der Waals surface area contributed by atoms with Gasteiger partial charge in [-0.3, -0.25) is 14.3 Å². The van der Waals surface area contributed by atoms with E-state index in [9.17, 15) is 9.59 Å². The Balaban J connectivity index is 2.07. The van der Waals surface area contributed by atoms with Crippen molar-refractivity contribution in [2.45, 2.75) is 26.8 Å². The van der Waals surface area contributed by atoms with Gasteiger partial charge in [-0.2, -0.15) is 5.10 Å². The van der Waals surface area contributed by atoms with Crippen LogP contribution in [-0.4, -0.2) is 27.6 Å². The highest BCUT2D eigenvalue weighted by Gasteiger charge is 2.25. The van der Waals surface area contributed by atoms with E-state index in [1.54, 1.807) is 36.1 Å². The summed E-state index contributed by atoms with van der Waals surface area (Å²) in [5.41, 5.74) is 1.61. The molecule has 0 spiro atoms. The van der Waals surface area contributed by atoms with E-state index >= 15 is 0 Å². The van der Waals surface area contributed by atoms with Crippen LogP contribution in [0.4, 0.5) is 5.82 Å². The van der Waals surface area contributed by atoms with Crippen LogP contribution in [0.2, 0.25) is 0 Å². The lowest BCUT2D eigenvalue weighted by Gasteiger charge is -2.21. The molecule has 1 aromatic carbocycles. The van der Waals surface area contributed by atoms with Crippen molar-refractivity contribution in [3.05, 3.63) is 47.7 Å². The first kappa shape index (κ1) is 16.7. The van der Waals surface area contributed by atoms with Gasteiger partial charge in [-0.05, 0) is 25.0 Å². The maximum atomic E-state index is 12.4. The van der Waals surface area contributed by atoms with Gasteiger partial charge in [0.25, 0.3) is 5.91 Å². The molecular formula is C17H22N4O2. The van der Waals surface area contributed by atoms with E-state index in [2.05, 4.69) is 15.7 Å². The van der Waals surface area contributed by atoms with Crippen LogP contribution in [0.25, 0.3) is 0 Å². The zero-order valence-electron chi connectivity index (χ0n) is 13.8. The molecule has 0 aliphatic carbocycles. The zero-order valence-corrected chi connectivity index (χ0v) is 13.8. The molecule has 0 saturated heterocycles. The van der Waals surface area contributed by atoms with E-state index in [4.69, 9.17) is 0 Å². The second-order valence-electron chi connectivity index (χ2n) is 5.93. The molecule has 2 amide bonds. The fourth-order valence-electron chi connectivity index (χ4n) is 2.15. The van der Waals surface area contributed by atoms with Crippen LogP contribution in [0.1, 0.15) is 29.8 Å². The SMILES string of the molecule is Cc1ccc(C(=O)NC(C(=O)Nc2ccn(C)n2)C(C)C)cc1. The van der Waals surface area contributed by atoms with E-state index in [1.165, 1.54) is 0 Å². The maximum absolute atomic E-state index is 12.4. The Bertz CT molecular complexity index is 689. The Kier molecular flexibility index (Phi) is 5.16. The van der Waals surface area contributed by atoms with Crippen molar-refractivity contribution < 1.29 is 9.59 Å². The van der Waals surface area contributed by atoms with E-state index < -0.39 is 6.04 Å². The minimum absolute atomic E-state index is 0.0480. The molecule has 1 unspecified atom stereocenters. The van der Waals surface area contributed by atoms with Crippen molar-refractivity contribution in [2.75, 3.05) is 5.32 Å². The minimum Gasteiger partial charge on any atom is -0.340 e. The second-order valence-corrected chi connectivity index (χ2v) is 5.93. The first-order valence-corrected chi connectivity index (χ1v) is 7.55. The first-order valence-electron chi connectivity index (χ1n) is 7.55. The first-order chi connectivity index (χ1) is 10.9. The summed E-state index contributed by atoms with van der Waals surface area (Å²) in [6.07, 6.45) is 1.74. The number of anilines is 1. The zero-order chi connectivity index (χ0) is 17.0. The van der Waals surface area contributed by atoms with Crippen LogP contribution in [0.5, 0.6) is 0 Å². The van der Waals surface area contributed by atoms with Crippen LogP contribution >= 0.6 is 0 Å². The molecule has 2 N–H and O–H groups in total. The quantitative estimate of drug-likeness (QED) is 0.887. The van der Waals surface area contributed by atoms with Gasteiger partial charge in [-0.1, -0.05) is 31.5 Å². The van der Waals surface area contributed by atoms with E-state index in [1.807, 2.05) is 32.9 Å². The molecule has 0 radical (unpaired) electrons.